The first kappa shape index (κ1) is 21.1. The molecular weight excluding hydrogens is 447 g/mol. The van der Waals surface area contributed by atoms with Crippen molar-refractivity contribution in [1.29, 1.82) is 0 Å². The van der Waals surface area contributed by atoms with Gasteiger partial charge in [-0.3, -0.25) is 0 Å². The first-order valence-electron chi connectivity index (χ1n) is 9.85. The second-order valence-electron chi connectivity index (χ2n) is 7.44. The van der Waals surface area contributed by atoms with Gasteiger partial charge in [0.25, 0.3) is 0 Å². The Morgan fingerprint density at radius 1 is 1.00 bits per heavy atom. The lowest BCUT2D eigenvalue weighted by Gasteiger charge is -2.10. The van der Waals surface area contributed by atoms with Gasteiger partial charge in [0.1, 0.15) is 29.4 Å². The Hall–Kier alpha value is -3.80. The summed E-state index contributed by atoms with van der Waals surface area (Å²) in [6.07, 6.45) is 2.08. The lowest BCUT2D eigenvalue weighted by Crippen LogP contribution is -2.15. The molecule has 4 aromatic rings. The third-order valence-electron chi connectivity index (χ3n) is 5.39. The van der Waals surface area contributed by atoms with Crippen molar-refractivity contribution in [3.8, 4) is 22.8 Å². The van der Waals surface area contributed by atoms with Crippen LogP contribution in [0.1, 0.15) is 12.5 Å². The van der Waals surface area contributed by atoms with Crippen molar-refractivity contribution in [2.24, 2.45) is 0 Å². The Morgan fingerprint density at radius 2 is 1.76 bits per heavy atom. The Morgan fingerprint density at radius 3 is 2.42 bits per heavy atom. The molecule has 7 nitrogen and oxygen atoms in total. The Bertz CT molecular complexity index is 1360. The molecule has 0 saturated carbocycles. The minimum atomic E-state index is -1.74. The predicted molar refractivity (Wildman–Crippen MR) is 108 cm³/mol. The summed E-state index contributed by atoms with van der Waals surface area (Å²) in [7, 11) is 0. The lowest BCUT2D eigenvalue weighted by molar-refractivity contribution is 0.365. The molecule has 0 spiro atoms. The molecule has 0 unspecified atom stereocenters. The van der Waals surface area contributed by atoms with Crippen LogP contribution >= 0.6 is 0 Å². The van der Waals surface area contributed by atoms with Crippen molar-refractivity contribution < 1.29 is 26.7 Å². The summed E-state index contributed by atoms with van der Waals surface area (Å²) in [4.78, 5) is 8.22. The monoisotopic (exact) mass is 462 g/mol. The van der Waals surface area contributed by atoms with Crippen LogP contribution in [0.4, 0.5) is 27.8 Å². The average molecular weight is 462 g/mol. The van der Waals surface area contributed by atoms with Crippen LogP contribution in [-0.4, -0.2) is 32.8 Å². The van der Waals surface area contributed by atoms with Gasteiger partial charge in [0.15, 0.2) is 17.3 Å². The summed E-state index contributed by atoms with van der Waals surface area (Å²) < 4.78 is 76.3. The van der Waals surface area contributed by atoms with Crippen LogP contribution in [0.3, 0.4) is 0 Å². The summed E-state index contributed by atoms with van der Waals surface area (Å²) in [6.45, 7) is 1.44. The number of ether oxygens (including phenoxy) is 1. The zero-order valence-corrected chi connectivity index (χ0v) is 16.7. The van der Waals surface area contributed by atoms with Gasteiger partial charge in [0.05, 0.1) is 11.4 Å². The van der Waals surface area contributed by atoms with E-state index in [1.807, 2.05) is 0 Å². The second kappa shape index (κ2) is 7.96. The van der Waals surface area contributed by atoms with Gasteiger partial charge < -0.3 is 15.8 Å². The van der Waals surface area contributed by atoms with Crippen molar-refractivity contribution in [2.45, 2.75) is 12.5 Å². The van der Waals surface area contributed by atoms with E-state index < -0.39 is 34.8 Å². The van der Waals surface area contributed by atoms with Crippen LogP contribution in [0.15, 0.2) is 30.6 Å². The molecule has 170 valence electrons. The van der Waals surface area contributed by atoms with Crippen LogP contribution in [0, 0.1) is 29.1 Å². The summed E-state index contributed by atoms with van der Waals surface area (Å²) in [6, 6.07) is 3.28. The molecule has 1 aliphatic heterocycles. The Labute approximate surface area is 183 Å². The minimum absolute atomic E-state index is 0.00456. The molecule has 1 atom stereocenters. The molecule has 2 aromatic carbocycles. The maximum Gasteiger partial charge on any atom is 0.204 e. The van der Waals surface area contributed by atoms with Crippen LogP contribution < -0.4 is 15.8 Å². The molecular formula is C21H15F5N6O. The molecule has 2 aromatic heterocycles. The number of nitrogens with two attached hydrogens (primary N) is 1. The normalized spacial score (nSPS) is 16.0. The Balaban J connectivity index is 1.58. The zero-order chi connectivity index (χ0) is 23.3. The van der Waals surface area contributed by atoms with E-state index in [0.29, 0.717) is 17.6 Å². The fraction of sp³-hybridized carbons (Fsp3) is 0.190. The summed E-state index contributed by atoms with van der Waals surface area (Å²) >= 11 is 0. The fourth-order valence-electron chi connectivity index (χ4n) is 3.80. The molecule has 0 bridgehead atoms. The van der Waals surface area contributed by atoms with Crippen molar-refractivity contribution in [3.63, 3.8) is 0 Å². The molecule has 1 fully saturated rings. The summed E-state index contributed by atoms with van der Waals surface area (Å²) in [5, 5.41) is 8.09. The SMILES string of the molecule is Nc1ncnc2c1c(-c1ccc(Oc3c(F)c(F)cc(F)c3F)cc1F)nn2[C@@H]1CCNC1. The first-order chi connectivity index (χ1) is 15.8. The quantitative estimate of drug-likeness (QED) is 0.351. The topological polar surface area (TPSA) is 90.9 Å². The van der Waals surface area contributed by atoms with Crippen LogP contribution in [0.25, 0.3) is 22.3 Å². The van der Waals surface area contributed by atoms with Gasteiger partial charge in [-0.2, -0.15) is 13.9 Å². The van der Waals surface area contributed by atoms with Gasteiger partial charge in [-0.25, -0.2) is 27.8 Å². The smallest absolute Gasteiger partial charge is 0.204 e. The van der Waals surface area contributed by atoms with Crippen LogP contribution in [0.2, 0.25) is 0 Å². The molecule has 0 amide bonds. The predicted octanol–water partition coefficient (Wildman–Crippen LogP) is 4.10. The maximum absolute atomic E-state index is 15.1. The maximum atomic E-state index is 15.1. The molecule has 5 rings (SSSR count). The molecule has 33 heavy (non-hydrogen) atoms. The van der Waals surface area contributed by atoms with Crippen LogP contribution in [-0.2, 0) is 0 Å². The fourth-order valence-corrected chi connectivity index (χ4v) is 3.80. The highest BCUT2D eigenvalue weighted by molar-refractivity contribution is 5.98. The number of hydrogen-bond donors (Lipinski definition) is 2. The van der Waals surface area contributed by atoms with Crippen molar-refractivity contribution >= 4 is 16.9 Å². The highest BCUT2D eigenvalue weighted by atomic mass is 19.2. The molecule has 0 radical (unpaired) electrons. The van der Waals surface area contributed by atoms with Gasteiger partial charge in [-0.1, -0.05) is 0 Å². The van der Waals surface area contributed by atoms with E-state index >= 15 is 4.39 Å². The molecule has 1 aliphatic rings. The molecule has 12 heteroatoms. The van der Waals surface area contributed by atoms with E-state index in [9.17, 15) is 17.6 Å². The van der Waals surface area contributed by atoms with E-state index in [-0.39, 0.29) is 34.9 Å². The highest BCUT2D eigenvalue weighted by Gasteiger charge is 2.26. The molecule has 3 heterocycles. The van der Waals surface area contributed by atoms with E-state index in [0.717, 1.165) is 19.0 Å². The van der Waals surface area contributed by atoms with E-state index in [4.69, 9.17) is 10.5 Å². The van der Waals surface area contributed by atoms with Crippen molar-refractivity contribution in [2.75, 3.05) is 18.8 Å². The number of nitrogens with one attached hydrogen (secondary N) is 1. The Kier molecular flexibility index (Phi) is 5.08. The molecule has 1 saturated heterocycles. The highest BCUT2D eigenvalue weighted by Crippen LogP contribution is 2.37. The minimum Gasteiger partial charge on any atom is -0.451 e. The number of nitrogens with zero attached hydrogens (tertiary/aromatic N) is 4. The molecule has 3 N–H and O–H groups in total. The number of anilines is 1. The number of rotatable bonds is 4. The summed E-state index contributed by atoms with van der Waals surface area (Å²) in [5.41, 5.74) is 6.64. The lowest BCUT2D eigenvalue weighted by atomic mass is 10.1. The van der Waals surface area contributed by atoms with Gasteiger partial charge in [0.2, 0.25) is 17.4 Å². The number of aromatic nitrogens is 4. The number of nitrogen functional groups attached to an aromatic ring is 1. The second-order valence-corrected chi connectivity index (χ2v) is 7.44. The standard InChI is InChI=1S/C21H15F5N6O/c22-12-5-10(33-19-16(25)13(23)6-14(24)17(19)26)1-2-11(12)18-15-20(27)29-8-30-21(15)32(31-18)9-3-4-28-7-9/h1-2,5-6,8-9,28H,3-4,7H2,(H2,27,29,30)/t9-/m1/s1. The van der Waals surface area contributed by atoms with Gasteiger partial charge in [-0.15, -0.1) is 0 Å². The van der Waals surface area contributed by atoms with Crippen molar-refractivity contribution in [1.82, 2.24) is 25.1 Å². The summed E-state index contributed by atoms with van der Waals surface area (Å²) in [5.74, 6) is -9.23. The third kappa shape index (κ3) is 3.52. The number of fused-ring (bicyclic) bond motifs is 1. The number of halogens is 5. The number of hydrogen-bond acceptors (Lipinski definition) is 6. The average Bonchev–Trinajstić information content (AvgIpc) is 3.44. The van der Waals surface area contributed by atoms with Crippen molar-refractivity contribution in [3.05, 3.63) is 59.7 Å². The third-order valence-corrected chi connectivity index (χ3v) is 5.39. The zero-order valence-electron chi connectivity index (χ0n) is 16.7. The van der Waals surface area contributed by atoms with E-state index in [1.54, 1.807) is 4.68 Å². The van der Waals surface area contributed by atoms with Gasteiger partial charge in [0, 0.05) is 24.2 Å². The van der Waals surface area contributed by atoms with Gasteiger partial charge >= 0.3 is 0 Å². The van der Waals surface area contributed by atoms with E-state index in [2.05, 4.69) is 20.4 Å². The van der Waals surface area contributed by atoms with Gasteiger partial charge in [-0.05, 0) is 25.1 Å². The van der Waals surface area contributed by atoms with Crippen LogP contribution in [0.5, 0.6) is 11.5 Å². The first-order valence-corrected chi connectivity index (χ1v) is 9.85. The number of benzene rings is 2. The largest absolute Gasteiger partial charge is 0.451 e. The molecule has 0 aliphatic carbocycles. The van der Waals surface area contributed by atoms with E-state index in [1.165, 1.54) is 18.5 Å².